The topological polar surface area (TPSA) is 103 Å². The first-order valence-electron chi connectivity index (χ1n) is 6.37. The van der Waals surface area contributed by atoms with E-state index in [-0.39, 0.29) is 17.9 Å². The van der Waals surface area contributed by atoms with Crippen molar-refractivity contribution >= 4 is 27.9 Å². The fourth-order valence-corrected chi connectivity index (χ4v) is 1.92. The minimum Gasteiger partial charge on any atom is -0.508 e. The predicted octanol–water partition coefficient (Wildman–Crippen LogP) is 1.80. The lowest BCUT2D eigenvalue weighted by atomic mass is 10.1. The SMILES string of the molecule is NC(Cc1ccc(O)cc1)C(=O)OC(=O)c1ccc(Br)cn1. The number of rotatable bonds is 4. The number of esters is 2. The number of hydrogen-bond donors (Lipinski definition) is 2. The van der Waals surface area contributed by atoms with Crippen LogP contribution in [0, 0.1) is 0 Å². The van der Waals surface area contributed by atoms with Crippen LogP contribution in [0.5, 0.6) is 5.75 Å². The van der Waals surface area contributed by atoms with Gasteiger partial charge >= 0.3 is 11.9 Å². The fraction of sp³-hybridized carbons (Fsp3) is 0.133. The highest BCUT2D eigenvalue weighted by Gasteiger charge is 2.21. The number of pyridine rings is 1. The number of phenolic OH excluding ortho intramolecular Hbond substituents is 1. The highest BCUT2D eigenvalue weighted by Crippen LogP contribution is 2.12. The van der Waals surface area contributed by atoms with E-state index in [1.165, 1.54) is 24.4 Å². The molecule has 0 radical (unpaired) electrons. The van der Waals surface area contributed by atoms with Gasteiger partial charge in [-0.3, -0.25) is 0 Å². The van der Waals surface area contributed by atoms with Gasteiger partial charge in [0.2, 0.25) is 0 Å². The van der Waals surface area contributed by atoms with Crippen LogP contribution in [-0.4, -0.2) is 28.1 Å². The van der Waals surface area contributed by atoms with E-state index in [9.17, 15) is 14.7 Å². The molecule has 0 saturated heterocycles. The maximum Gasteiger partial charge on any atom is 0.364 e. The van der Waals surface area contributed by atoms with Gasteiger partial charge in [-0.1, -0.05) is 12.1 Å². The highest BCUT2D eigenvalue weighted by atomic mass is 79.9. The molecule has 0 amide bonds. The Morgan fingerprint density at radius 2 is 1.91 bits per heavy atom. The van der Waals surface area contributed by atoms with E-state index >= 15 is 0 Å². The zero-order chi connectivity index (χ0) is 16.1. The smallest absolute Gasteiger partial charge is 0.364 e. The van der Waals surface area contributed by atoms with Crippen LogP contribution in [0.3, 0.4) is 0 Å². The summed E-state index contributed by atoms with van der Waals surface area (Å²) in [4.78, 5) is 27.4. The molecule has 0 aliphatic rings. The number of aromatic nitrogens is 1. The molecule has 0 saturated carbocycles. The van der Waals surface area contributed by atoms with Crippen LogP contribution >= 0.6 is 15.9 Å². The Morgan fingerprint density at radius 3 is 2.50 bits per heavy atom. The van der Waals surface area contributed by atoms with Crippen LogP contribution in [0.4, 0.5) is 0 Å². The third-order valence-corrected chi connectivity index (χ3v) is 3.29. The van der Waals surface area contributed by atoms with Crippen molar-refractivity contribution < 1.29 is 19.4 Å². The summed E-state index contributed by atoms with van der Waals surface area (Å²) in [5.74, 6) is -1.56. The zero-order valence-corrected chi connectivity index (χ0v) is 13.0. The molecule has 3 N–H and O–H groups in total. The number of aromatic hydroxyl groups is 1. The zero-order valence-electron chi connectivity index (χ0n) is 11.4. The van der Waals surface area contributed by atoms with Crippen molar-refractivity contribution in [3.63, 3.8) is 0 Å². The summed E-state index contributed by atoms with van der Waals surface area (Å²) < 4.78 is 5.41. The number of ether oxygens (including phenoxy) is 1. The van der Waals surface area contributed by atoms with Gasteiger partial charge < -0.3 is 15.6 Å². The lowest BCUT2D eigenvalue weighted by Crippen LogP contribution is -2.35. The van der Waals surface area contributed by atoms with Crippen LogP contribution in [-0.2, 0) is 16.0 Å². The molecular weight excluding hydrogens is 352 g/mol. The van der Waals surface area contributed by atoms with E-state index in [1.807, 2.05) is 0 Å². The first-order chi connectivity index (χ1) is 10.5. The normalized spacial score (nSPS) is 11.7. The average molecular weight is 365 g/mol. The molecule has 0 spiro atoms. The van der Waals surface area contributed by atoms with E-state index < -0.39 is 18.0 Å². The molecule has 22 heavy (non-hydrogen) atoms. The molecule has 0 aliphatic carbocycles. The maximum atomic E-state index is 11.8. The van der Waals surface area contributed by atoms with Crippen molar-refractivity contribution in [3.8, 4) is 5.75 Å². The number of nitrogens with zero attached hydrogens (tertiary/aromatic N) is 1. The fourth-order valence-electron chi connectivity index (χ4n) is 1.69. The molecule has 1 heterocycles. The van der Waals surface area contributed by atoms with Crippen molar-refractivity contribution in [3.05, 3.63) is 58.3 Å². The second kappa shape index (κ2) is 7.15. The molecule has 7 heteroatoms. The van der Waals surface area contributed by atoms with Gasteiger partial charge in [0.1, 0.15) is 17.5 Å². The van der Waals surface area contributed by atoms with Crippen LogP contribution < -0.4 is 5.73 Å². The summed E-state index contributed by atoms with van der Waals surface area (Å²) >= 11 is 3.19. The molecule has 1 unspecified atom stereocenters. The summed E-state index contributed by atoms with van der Waals surface area (Å²) in [5, 5.41) is 9.19. The van der Waals surface area contributed by atoms with Crippen molar-refractivity contribution in [2.24, 2.45) is 5.73 Å². The first-order valence-corrected chi connectivity index (χ1v) is 7.16. The number of hydrogen-bond acceptors (Lipinski definition) is 6. The van der Waals surface area contributed by atoms with Gasteiger partial charge in [0.05, 0.1) is 0 Å². The van der Waals surface area contributed by atoms with Gasteiger partial charge in [0.15, 0.2) is 0 Å². The minimum atomic E-state index is -0.982. The first kappa shape index (κ1) is 16.1. The molecule has 0 fully saturated rings. The third-order valence-electron chi connectivity index (χ3n) is 2.82. The lowest BCUT2D eigenvalue weighted by molar-refractivity contribution is -0.139. The quantitative estimate of drug-likeness (QED) is 0.633. The second-order valence-electron chi connectivity index (χ2n) is 4.55. The van der Waals surface area contributed by atoms with E-state index in [0.717, 1.165) is 5.56 Å². The van der Waals surface area contributed by atoms with Crippen LogP contribution in [0.15, 0.2) is 47.1 Å². The number of carbonyl (C=O) groups is 2. The predicted molar refractivity (Wildman–Crippen MR) is 82.1 cm³/mol. The third kappa shape index (κ3) is 4.37. The van der Waals surface area contributed by atoms with Crippen molar-refractivity contribution in [1.82, 2.24) is 4.98 Å². The maximum absolute atomic E-state index is 11.8. The number of carbonyl (C=O) groups excluding carboxylic acids is 2. The Morgan fingerprint density at radius 1 is 1.23 bits per heavy atom. The monoisotopic (exact) mass is 364 g/mol. The van der Waals surface area contributed by atoms with Crippen LogP contribution in [0.25, 0.3) is 0 Å². The second-order valence-corrected chi connectivity index (χ2v) is 5.46. The average Bonchev–Trinajstić information content (AvgIpc) is 2.50. The molecule has 2 aromatic rings. The Labute approximate surface area is 135 Å². The van der Waals surface area contributed by atoms with E-state index in [0.29, 0.717) is 4.47 Å². The van der Waals surface area contributed by atoms with Crippen molar-refractivity contribution in [2.45, 2.75) is 12.5 Å². The van der Waals surface area contributed by atoms with E-state index in [4.69, 9.17) is 10.5 Å². The van der Waals surface area contributed by atoms with Gasteiger partial charge in [-0.05, 0) is 52.2 Å². The number of nitrogens with two attached hydrogens (primary N) is 1. The molecular formula is C15H13BrN2O4. The van der Waals surface area contributed by atoms with Crippen LogP contribution in [0.2, 0.25) is 0 Å². The largest absolute Gasteiger partial charge is 0.508 e. The van der Waals surface area contributed by atoms with Crippen molar-refractivity contribution in [2.75, 3.05) is 0 Å². The molecule has 1 aromatic carbocycles. The Kier molecular flexibility index (Phi) is 5.24. The number of benzene rings is 1. The highest BCUT2D eigenvalue weighted by molar-refractivity contribution is 9.10. The lowest BCUT2D eigenvalue weighted by Gasteiger charge is -2.10. The summed E-state index contributed by atoms with van der Waals surface area (Å²) in [6.07, 6.45) is 1.62. The molecule has 1 atom stereocenters. The number of halogens is 1. The summed E-state index contributed by atoms with van der Waals surface area (Å²) in [7, 11) is 0. The van der Waals surface area contributed by atoms with Crippen LogP contribution in [0.1, 0.15) is 16.1 Å². The van der Waals surface area contributed by atoms with E-state index in [2.05, 4.69) is 20.9 Å². The standard InChI is InChI=1S/C15H13BrN2O4/c16-10-3-6-13(18-8-10)15(21)22-14(20)12(17)7-9-1-4-11(19)5-2-9/h1-6,8,12,19H,7,17H2. The Bertz CT molecular complexity index is 671. The Balaban J connectivity index is 1.94. The Hall–Kier alpha value is -2.25. The van der Waals surface area contributed by atoms with Crippen molar-refractivity contribution in [1.29, 1.82) is 0 Å². The van der Waals surface area contributed by atoms with Gasteiger partial charge in [-0.25, -0.2) is 14.6 Å². The van der Waals surface area contributed by atoms with E-state index in [1.54, 1.807) is 18.2 Å². The number of phenols is 1. The van der Waals surface area contributed by atoms with Gasteiger partial charge in [0, 0.05) is 10.7 Å². The molecule has 1 aromatic heterocycles. The molecule has 0 aliphatic heterocycles. The summed E-state index contributed by atoms with van der Waals surface area (Å²) in [6.45, 7) is 0. The molecule has 114 valence electrons. The van der Waals surface area contributed by atoms with Gasteiger partial charge in [0.25, 0.3) is 0 Å². The molecule has 0 bridgehead atoms. The summed E-state index contributed by atoms with van der Waals surface area (Å²) in [6, 6.07) is 8.33. The van der Waals surface area contributed by atoms with Gasteiger partial charge in [-0.2, -0.15) is 0 Å². The van der Waals surface area contributed by atoms with Gasteiger partial charge in [-0.15, -0.1) is 0 Å². The summed E-state index contributed by atoms with van der Waals surface area (Å²) in [5.41, 5.74) is 6.49. The molecule has 2 rings (SSSR count). The molecule has 6 nitrogen and oxygen atoms in total. The minimum absolute atomic E-state index is 0.0217.